The number of carboxylic acid groups (broad SMARTS) is 1. The van der Waals surface area contributed by atoms with Crippen molar-refractivity contribution in [1.29, 1.82) is 0 Å². The van der Waals surface area contributed by atoms with Crippen LogP contribution in [0.25, 0.3) is 0 Å². The number of rotatable bonds is 9. The summed E-state index contributed by atoms with van der Waals surface area (Å²) in [5, 5.41) is 13.7. The summed E-state index contributed by atoms with van der Waals surface area (Å²) >= 11 is 6.22. The molecule has 9 nitrogen and oxygen atoms in total. The molecule has 2 aromatic carbocycles. The van der Waals surface area contributed by atoms with Gasteiger partial charge in [0.2, 0.25) is 11.8 Å². The molecule has 0 spiro atoms. The van der Waals surface area contributed by atoms with Gasteiger partial charge in [-0.2, -0.15) is 13.2 Å². The van der Waals surface area contributed by atoms with E-state index in [1.54, 1.807) is 35.5 Å². The van der Waals surface area contributed by atoms with Crippen molar-refractivity contribution in [2.75, 3.05) is 13.1 Å². The molecule has 4 rings (SSSR count). The number of carbonyl (C=O) groups excluding carboxylic acids is 3. The largest absolute Gasteiger partial charge is 0.490 e. The van der Waals surface area contributed by atoms with Crippen molar-refractivity contribution >= 4 is 35.3 Å². The minimum atomic E-state index is -5.08. The number of hydrogen-bond donors (Lipinski definition) is 3. The molecule has 2 atom stereocenters. The average Bonchev–Trinajstić information content (AvgIpc) is 3.48. The number of aryl methyl sites for hydroxylation is 1. The van der Waals surface area contributed by atoms with Gasteiger partial charge in [-0.25, -0.2) is 4.79 Å². The van der Waals surface area contributed by atoms with Gasteiger partial charge in [0, 0.05) is 42.5 Å². The van der Waals surface area contributed by atoms with Gasteiger partial charge < -0.3 is 20.6 Å². The predicted molar refractivity (Wildman–Crippen MR) is 157 cm³/mol. The van der Waals surface area contributed by atoms with E-state index in [1.807, 2.05) is 49.4 Å². The van der Waals surface area contributed by atoms with Crippen LogP contribution < -0.4 is 10.6 Å². The molecular weight excluding hydrogens is 601 g/mol. The zero-order valence-electron chi connectivity index (χ0n) is 23.8. The molecule has 0 radical (unpaired) electrons. The third-order valence-electron chi connectivity index (χ3n) is 6.89. The Balaban J connectivity index is 0.000000676. The number of likely N-dealkylation sites (tertiary alicyclic amines) is 1. The van der Waals surface area contributed by atoms with E-state index in [2.05, 4.69) is 15.6 Å². The molecule has 1 aliphatic rings. The van der Waals surface area contributed by atoms with Gasteiger partial charge in [0.25, 0.3) is 5.91 Å². The monoisotopic (exact) mass is 632 g/mol. The summed E-state index contributed by atoms with van der Waals surface area (Å²) in [6.07, 6.45) is 0.442. The Morgan fingerprint density at radius 1 is 1.07 bits per heavy atom. The third-order valence-corrected chi connectivity index (χ3v) is 7.26. The minimum absolute atomic E-state index is 0.191. The number of nitrogens with zero attached hydrogens (tertiary/aromatic N) is 2. The van der Waals surface area contributed by atoms with Gasteiger partial charge in [-0.3, -0.25) is 19.4 Å². The van der Waals surface area contributed by atoms with Gasteiger partial charge in [-0.15, -0.1) is 0 Å². The highest BCUT2D eigenvalue weighted by molar-refractivity contribution is 6.31. The van der Waals surface area contributed by atoms with E-state index in [9.17, 15) is 27.6 Å². The number of aromatic nitrogens is 1. The molecule has 3 aromatic rings. The van der Waals surface area contributed by atoms with Gasteiger partial charge in [0.1, 0.15) is 12.1 Å². The Hall–Kier alpha value is -4.45. The Kier molecular flexibility index (Phi) is 12.3. The summed E-state index contributed by atoms with van der Waals surface area (Å²) in [6, 6.07) is 17.0. The maximum absolute atomic E-state index is 13.7. The fourth-order valence-corrected chi connectivity index (χ4v) is 4.89. The Morgan fingerprint density at radius 3 is 2.39 bits per heavy atom. The lowest BCUT2D eigenvalue weighted by Gasteiger charge is -2.29. The highest BCUT2D eigenvalue weighted by atomic mass is 35.5. The first-order valence-corrected chi connectivity index (χ1v) is 14.1. The second-order valence-electron chi connectivity index (χ2n) is 10.0. The van der Waals surface area contributed by atoms with Crippen molar-refractivity contribution in [3.05, 3.63) is 100 Å². The fourth-order valence-electron chi connectivity index (χ4n) is 4.66. The molecule has 1 fully saturated rings. The van der Waals surface area contributed by atoms with Crippen LogP contribution in [-0.4, -0.2) is 70.0 Å². The topological polar surface area (TPSA) is 129 Å². The molecule has 1 aliphatic heterocycles. The zero-order chi connectivity index (χ0) is 32.3. The van der Waals surface area contributed by atoms with Crippen LogP contribution in [0.5, 0.6) is 0 Å². The number of carbonyl (C=O) groups is 4. The van der Waals surface area contributed by atoms with Crippen molar-refractivity contribution < 1.29 is 37.5 Å². The summed E-state index contributed by atoms with van der Waals surface area (Å²) in [5.41, 5.74) is 3.12. The van der Waals surface area contributed by atoms with E-state index in [4.69, 9.17) is 21.5 Å². The lowest BCUT2D eigenvalue weighted by atomic mass is 10.0. The molecule has 1 saturated heterocycles. The predicted octanol–water partition coefficient (Wildman–Crippen LogP) is 4.37. The standard InChI is InChI=1S/C29H31ClN4O3.C2HF3O2/c1-20-8-2-4-11-23(20)27(35)33-25(18-21-9-6-15-31-19-21)29(37)34-17-7-13-26(34)28(36)32-16-14-22-10-3-5-12-24(22)30;3-2(4,5)1(6)7/h2-6,8-12,15,19,25-26H,7,13-14,16-18H2,1H3,(H,32,36)(H,33,35);(H,6,7)/t25-,26-;/m0./s1. The summed E-state index contributed by atoms with van der Waals surface area (Å²) in [6.45, 7) is 2.74. The van der Waals surface area contributed by atoms with Crippen molar-refractivity contribution in [2.24, 2.45) is 0 Å². The maximum Gasteiger partial charge on any atom is 0.490 e. The minimum Gasteiger partial charge on any atom is -0.475 e. The molecule has 0 bridgehead atoms. The Morgan fingerprint density at radius 2 is 1.75 bits per heavy atom. The molecule has 0 saturated carbocycles. The Bertz CT molecular complexity index is 1460. The number of aliphatic carboxylic acids is 1. The normalized spacial score (nSPS) is 15.0. The molecule has 1 aromatic heterocycles. The number of hydrogen-bond acceptors (Lipinski definition) is 5. The fraction of sp³-hybridized carbons (Fsp3) is 0.323. The van der Waals surface area contributed by atoms with E-state index in [1.165, 1.54) is 0 Å². The number of carboxylic acids is 1. The SMILES string of the molecule is Cc1ccccc1C(=O)N[C@@H](Cc1cccnc1)C(=O)N1CCC[C@H]1C(=O)NCCc1ccccc1Cl.O=C(O)C(F)(F)F. The third kappa shape index (κ3) is 9.80. The zero-order valence-corrected chi connectivity index (χ0v) is 24.6. The smallest absolute Gasteiger partial charge is 0.475 e. The highest BCUT2D eigenvalue weighted by Gasteiger charge is 2.39. The summed E-state index contributed by atoms with van der Waals surface area (Å²) in [5.74, 6) is -3.54. The maximum atomic E-state index is 13.7. The number of alkyl halides is 3. The Labute approximate surface area is 257 Å². The summed E-state index contributed by atoms with van der Waals surface area (Å²) in [4.78, 5) is 54.6. The van der Waals surface area contributed by atoms with Gasteiger partial charge in [-0.1, -0.05) is 54.1 Å². The molecule has 2 heterocycles. The van der Waals surface area contributed by atoms with Crippen LogP contribution in [0.4, 0.5) is 13.2 Å². The number of amides is 3. The lowest BCUT2D eigenvalue weighted by Crippen LogP contribution is -2.54. The van der Waals surface area contributed by atoms with Crippen molar-refractivity contribution in [3.8, 4) is 0 Å². The first-order chi connectivity index (χ1) is 20.9. The van der Waals surface area contributed by atoms with E-state index >= 15 is 0 Å². The highest BCUT2D eigenvalue weighted by Crippen LogP contribution is 2.21. The lowest BCUT2D eigenvalue weighted by molar-refractivity contribution is -0.192. The number of benzene rings is 2. The number of nitrogens with one attached hydrogen (secondary N) is 2. The molecule has 234 valence electrons. The average molecular weight is 633 g/mol. The van der Waals surface area contributed by atoms with Crippen molar-refractivity contribution in [2.45, 2.75) is 50.9 Å². The van der Waals surface area contributed by atoms with E-state index in [0.29, 0.717) is 36.5 Å². The second kappa shape index (κ2) is 15.9. The first kappa shape index (κ1) is 34.0. The van der Waals surface area contributed by atoms with Crippen molar-refractivity contribution in [1.82, 2.24) is 20.5 Å². The first-order valence-electron chi connectivity index (χ1n) is 13.8. The molecular formula is C31H32ClF3N4O5. The van der Waals surface area contributed by atoms with Gasteiger partial charge in [0.15, 0.2) is 0 Å². The molecule has 0 unspecified atom stereocenters. The molecule has 3 amide bonds. The summed E-state index contributed by atoms with van der Waals surface area (Å²) in [7, 11) is 0. The van der Waals surface area contributed by atoms with Crippen molar-refractivity contribution in [3.63, 3.8) is 0 Å². The van der Waals surface area contributed by atoms with Gasteiger partial charge in [-0.05, 0) is 61.1 Å². The molecule has 13 heteroatoms. The van der Waals surface area contributed by atoms with Crippen LogP contribution in [0.2, 0.25) is 5.02 Å². The van der Waals surface area contributed by atoms with Crippen LogP contribution in [0, 0.1) is 6.92 Å². The van der Waals surface area contributed by atoms with Crippen LogP contribution in [0.3, 0.4) is 0 Å². The number of pyridine rings is 1. The van der Waals surface area contributed by atoms with Crippen LogP contribution in [0.1, 0.15) is 39.9 Å². The molecule has 0 aliphatic carbocycles. The number of halogens is 4. The van der Waals surface area contributed by atoms with Crippen LogP contribution in [0.15, 0.2) is 73.1 Å². The molecule has 44 heavy (non-hydrogen) atoms. The van der Waals surface area contributed by atoms with E-state index in [0.717, 1.165) is 23.1 Å². The molecule has 3 N–H and O–H groups in total. The quantitative estimate of drug-likeness (QED) is 0.322. The van der Waals surface area contributed by atoms with E-state index < -0.39 is 24.2 Å². The van der Waals surface area contributed by atoms with Crippen LogP contribution >= 0.6 is 11.6 Å². The van der Waals surface area contributed by atoms with E-state index in [-0.39, 0.29) is 24.1 Å². The van der Waals surface area contributed by atoms with Gasteiger partial charge in [0.05, 0.1) is 0 Å². The van der Waals surface area contributed by atoms with Gasteiger partial charge >= 0.3 is 12.1 Å². The van der Waals surface area contributed by atoms with Crippen LogP contribution in [-0.2, 0) is 27.2 Å². The second-order valence-corrected chi connectivity index (χ2v) is 10.4. The summed E-state index contributed by atoms with van der Waals surface area (Å²) < 4.78 is 31.7.